The average molecular weight is 516 g/mol. The summed E-state index contributed by atoms with van der Waals surface area (Å²) in [6, 6.07) is 20.6. The monoisotopic (exact) mass is 515 g/mol. The van der Waals surface area contributed by atoms with E-state index in [1.165, 1.54) is 35.1 Å². The van der Waals surface area contributed by atoms with Crippen molar-refractivity contribution in [3.05, 3.63) is 77.6 Å². The number of anilines is 1. The molecule has 6 heteroatoms. The third-order valence-corrected chi connectivity index (χ3v) is 9.10. The molecule has 1 aliphatic carbocycles. The maximum absolute atomic E-state index is 13.7. The van der Waals surface area contributed by atoms with Gasteiger partial charge in [-0.05, 0) is 92.1 Å². The smallest absolute Gasteiger partial charge is 0.184 e. The minimum absolute atomic E-state index is 0.214. The highest BCUT2D eigenvalue weighted by atomic mass is 32.1. The van der Waals surface area contributed by atoms with E-state index in [-0.39, 0.29) is 5.82 Å². The Hall–Kier alpha value is -2.96. The Morgan fingerprint density at radius 1 is 1.03 bits per heavy atom. The average Bonchev–Trinajstić information content (AvgIpc) is 3.62. The normalized spacial score (nSPS) is 21.4. The third-order valence-electron chi connectivity index (χ3n) is 8.14. The summed E-state index contributed by atoms with van der Waals surface area (Å²) < 4.78 is 21.0. The summed E-state index contributed by atoms with van der Waals surface area (Å²) in [5.41, 5.74) is 5.87. The molecule has 3 unspecified atom stereocenters. The Balaban J connectivity index is 1.22. The number of hydrogen-bond acceptors (Lipinski definition) is 5. The lowest BCUT2D eigenvalue weighted by molar-refractivity contribution is 0.231. The van der Waals surface area contributed by atoms with Crippen molar-refractivity contribution in [1.29, 1.82) is 0 Å². The Morgan fingerprint density at radius 3 is 2.65 bits per heavy atom. The van der Waals surface area contributed by atoms with Crippen LogP contribution in [0.2, 0.25) is 0 Å². The number of thiazole rings is 1. The van der Waals surface area contributed by atoms with E-state index >= 15 is 0 Å². The Kier molecular flexibility index (Phi) is 6.87. The number of ether oxygens (including phenoxy) is 1. The van der Waals surface area contributed by atoms with Crippen LogP contribution in [0.1, 0.15) is 44.2 Å². The predicted octanol–water partition coefficient (Wildman–Crippen LogP) is 7.53. The summed E-state index contributed by atoms with van der Waals surface area (Å²) in [4.78, 5) is 7.51. The minimum atomic E-state index is -0.214. The van der Waals surface area contributed by atoms with E-state index in [1.54, 1.807) is 23.5 Å². The SMILES string of the molecule is CCOc1ccc(CN2CCC3C(Nc4nc5ccccc5s4)CCC32)c(CC)c1-c1ccc(F)cc1. The lowest BCUT2D eigenvalue weighted by atomic mass is 9.92. The van der Waals surface area contributed by atoms with E-state index in [1.807, 2.05) is 19.1 Å². The van der Waals surface area contributed by atoms with Crippen molar-refractivity contribution in [2.75, 3.05) is 18.5 Å². The first-order valence-corrected chi connectivity index (χ1v) is 14.4. The van der Waals surface area contributed by atoms with Gasteiger partial charge in [0.1, 0.15) is 11.6 Å². The van der Waals surface area contributed by atoms with E-state index in [9.17, 15) is 4.39 Å². The number of fused-ring (bicyclic) bond motifs is 2. The molecule has 37 heavy (non-hydrogen) atoms. The van der Waals surface area contributed by atoms with Crippen LogP contribution in [0, 0.1) is 11.7 Å². The first kappa shape index (κ1) is 24.4. The maximum Gasteiger partial charge on any atom is 0.184 e. The maximum atomic E-state index is 13.7. The molecule has 4 aromatic rings. The predicted molar refractivity (Wildman–Crippen MR) is 151 cm³/mol. The summed E-state index contributed by atoms with van der Waals surface area (Å²) >= 11 is 1.76. The van der Waals surface area contributed by atoms with Crippen molar-refractivity contribution in [3.8, 4) is 16.9 Å². The number of likely N-dealkylation sites (tertiary alicyclic amines) is 1. The van der Waals surface area contributed by atoms with Crippen LogP contribution in [0.25, 0.3) is 21.3 Å². The van der Waals surface area contributed by atoms with Crippen molar-refractivity contribution >= 4 is 26.7 Å². The molecule has 2 fully saturated rings. The van der Waals surface area contributed by atoms with Crippen LogP contribution in [-0.2, 0) is 13.0 Å². The van der Waals surface area contributed by atoms with E-state index in [4.69, 9.17) is 9.72 Å². The van der Waals surface area contributed by atoms with Crippen LogP contribution in [0.5, 0.6) is 5.75 Å². The molecule has 1 saturated carbocycles. The van der Waals surface area contributed by atoms with Crippen LogP contribution in [0.15, 0.2) is 60.7 Å². The van der Waals surface area contributed by atoms with Gasteiger partial charge in [0, 0.05) is 24.2 Å². The van der Waals surface area contributed by atoms with Gasteiger partial charge in [-0.3, -0.25) is 4.90 Å². The molecule has 3 atom stereocenters. The zero-order valence-corrected chi connectivity index (χ0v) is 22.4. The van der Waals surface area contributed by atoms with Gasteiger partial charge in [-0.1, -0.05) is 48.6 Å². The lowest BCUT2D eigenvalue weighted by Crippen LogP contribution is -2.32. The van der Waals surface area contributed by atoms with Gasteiger partial charge in [0.15, 0.2) is 5.13 Å². The molecule has 0 radical (unpaired) electrons. The van der Waals surface area contributed by atoms with Crippen molar-refractivity contribution in [2.24, 2.45) is 5.92 Å². The van der Waals surface area contributed by atoms with Crippen LogP contribution < -0.4 is 10.1 Å². The number of nitrogens with one attached hydrogen (secondary N) is 1. The minimum Gasteiger partial charge on any atom is -0.493 e. The number of nitrogens with zero attached hydrogens (tertiary/aromatic N) is 2. The number of rotatable bonds is 8. The summed E-state index contributed by atoms with van der Waals surface area (Å²) in [5.74, 6) is 1.32. The van der Waals surface area contributed by atoms with Crippen LogP contribution >= 0.6 is 11.3 Å². The Bertz CT molecular complexity index is 1350. The molecule has 4 nitrogen and oxygen atoms in total. The zero-order chi connectivity index (χ0) is 25.4. The number of hydrogen-bond donors (Lipinski definition) is 1. The lowest BCUT2D eigenvalue weighted by Gasteiger charge is -2.27. The second-order valence-corrected chi connectivity index (χ2v) is 11.2. The molecule has 0 bridgehead atoms. The molecule has 1 aliphatic heterocycles. The highest BCUT2D eigenvalue weighted by molar-refractivity contribution is 7.22. The van der Waals surface area contributed by atoms with Gasteiger partial charge < -0.3 is 10.1 Å². The molecule has 1 N–H and O–H groups in total. The van der Waals surface area contributed by atoms with Gasteiger partial charge in [-0.2, -0.15) is 0 Å². The first-order valence-electron chi connectivity index (χ1n) is 13.5. The van der Waals surface area contributed by atoms with Crippen molar-refractivity contribution in [2.45, 2.75) is 58.2 Å². The van der Waals surface area contributed by atoms with E-state index in [0.29, 0.717) is 24.6 Å². The van der Waals surface area contributed by atoms with Crippen molar-refractivity contribution in [3.63, 3.8) is 0 Å². The molecule has 2 heterocycles. The van der Waals surface area contributed by atoms with E-state index in [2.05, 4.69) is 53.5 Å². The molecule has 0 amide bonds. The third kappa shape index (κ3) is 4.73. The second kappa shape index (κ2) is 10.4. The topological polar surface area (TPSA) is 37.4 Å². The van der Waals surface area contributed by atoms with E-state index < -0.39 is 0 Å². The van der Waals surface area contributed by atoms with Crippen molar-refractivity contribution in [1.82, 2.24) is 9.88 Å². The quantitative estimate of drug-likeness (QED) is 0.263. The molecular weight excluding hydrogens is 481 g/mol. The molecule has 3 aromatic carbocycles. The fraction of sp³-hybridized carbons (Fsp3) is 0.387. The summed E-state index contributed by atoms with van der Waals surface area (Å²) in [7, 11) is 0. The molecule has 6 rings (SSSR count). The molecule has 0 spiro atoms. The first-order chi connectivity index (χ1) is 18.1. The summed E-state index contributed by atoms with van der Waals surface area (Å²) in [6.07, 6.45) is 4.53. The van der Waals surface area contributed by atoms with Gasteiger partial charge in [-0.25, -0.2) is 9.37 Å². The molecule has 1 aromatic heterocycles. The molecule has 192 valence electrons. The van der Waals surface area contributed by atoms with Crippen LogP contribution in [0.4, 0.5) is 9.52 Å². The zero-order valence-electron chi connectivity index (χ0n) is 21.5. The van der Waals surface area contributed by atoms with Gasteiger partial charge >= 0.3 is 0 Å². The molecular formula is C31H34FN3OS. The molecule has 2 aliphatic rings. The van der Waals surface area contributed by atoms with Crippen LogP contribution in [0.3, 0.4) is 0 Å². The number of para-hydroxylation sites is 1. The Morgan fingerprint density at radius 2 is 1.86 bits per heavy atom. The number of aromatic nitrogens is 1. The summed E-state index contributed by atoms with van der Waals surface area (Å²) in [5, 5.41) is 4.85. The fourth-order valence-electron chi connectivity index (χ4n) is 6.49. The molecule has 1 saturated heterocycles. The second-order valence-electron chi connectivity index (χ2n) is 10.2. The number of halogens is 1. The van der Waals surface area contributed by atoms with Gasteiger partial charge in [0.05, 0.1) is 16.8 Å². The standard InChI is InChI=1S/C31H34FN3OS/c1-3-23-21(11-16-28(36-4-2)30(23)20-9-12-22(32)13-10-20)19-35-18-17-24-25(14-15-27(24)35)33-31-34-26-7-5-6-8-29(26)37-31/h5-13,16,24-25,27H,3-4,14-15,17-19H2,1-2H3,(H,33,34). The highest BCUT2D eigenvalue weighted by Gasteiger charge is 2.44. The van der Waals surface area contributed by atoms with E-state index in [0.717, 1.165) is 47.0 Å². The summed E-state index contributed by atoms with van der Waals surface area (Å²) in [6.45, 7) is 6.89. The Labute approximate surface area is 222 Å². The highest BCUT2D eigenvalue weighted by Crippen LogP contribution is 2.42. The van der Waals surface area contributed by atoms with Gasteiger partial charge in [0.2, 0.25) is 0 Å². The van der Waals surface area contributed by atoms with Gasteiger partial charge in [0.25, 0.3) is 0 Å². The largest absolute Gasteiger partial charge is 0.493 e. The fourth-order valence-corrected chi connectivity index (χ4v) is 7.42. The van der Waals surface area contributed by atoms with Crippen molar-refractivity contribution < 1.29 is 9.13 Å². The number of benzene rings is 3. The van der Waals surface area contributed by atoms with Crippen LogP contribution in [-0.4, -0.2) is 35.1 Å². The van der Waals surface area contributed by atoms with Gasteiger partial charge in [-0.15, -0.1) is 0 Å².